The van der Waals surface area contributed by atoms with Gasteiger partial charge in [0.25, 0.3) is 0 Å². The van der Waals surface area contributed by atoms with Crippen LogP contribution in [0.3, 0.4) is 0 Å². The van der Waals surface area contributed by atoms with Crippen molar-refractivity contribution < 1.29 is 0 Å². The van der Waals surface area contributed by atoms with E-state index < -0.39 is 0 Å². The number of aryl methyl sites for hydroxylation is 3. The van der Waals surface area contributed by atoms with E-state index in [1.54, 1.807) is 0 Å². The molecule has 1 aromatic heterocycles. The minimum absolute atomic E-state index is 0.837. The molecule has 0 aliphatic carbocycles. The highest BCUT2D eigenvalue weighted by Gasteiger charge is 2.04. The first-order chi connectivity index (χ1) is 7.65. The summed E-state index contributed by atoms with van der Waals surface area (Å²) in [4.78, 5) is 9.05. The van der Waals surface area contributed by atoms with Crippen LogP contribution in [0.1, 0.15) is 49.0 Å². The van der Waals surface area contributed by atoms with Crippen molar-refractivity contribution >= 4 is 0 Å². The van der Waals surface area contributed by atoms with Crippen molar-refractivity contribution in [3.8, 4) is 0 Å². The number of hydrogen-bond donors (Lipinski definition) is 1. The van der Waals surface area contributed by atoms with Crippen LogP contribution in [0.4, 0.5) is 0 Å². The molecule has 3 nitrogen and oxygen atoms in total. The van der Waals surface area contributed by atoms with Crippen LogP contribution >= 0.6 is 0 Å². The van der Waals surface area contributed by atoms with Crippen molar-refractivity contribution in [1.82, 2.24) is 15.3 Å². The zero-order valence-electron chi connectivity index (χ0n) is 10.9. The van der Waals surface area contributed by atoms with Crippen LogP contribution in [-0.2, 0) is 6.54 Å². The fourth-order valence-electron chi connectivity index (χ4n) is 1.64. The fraction of sp³-hybridized carbons (Fsp3) is 0.692. The van der Waals surface area contributed by atoms with E-state index in [1.807, 2.05) is 20.8 Å². The average molecular weight is 221 g/mol. The van der Waals surface area contributed by atoms with Gasteiger partial charge in [-0.25, -0.2) is 0 Å². The maximum Gasteiger partial charge on any atom is 0.0757 e. The van der Waals surface area contributed by atoms with Crippen molar-refractivity contribution in [2.45, 2.75) is 53.5 Å². The molecule has 0 aliphatic heterocycles. The molecule has 0 aromatic carbocycles. The summed E-state index contributed by atoms with van der Waals surface area (Å²) in [7, 11) is 0. The van der Waals surface area contributed by atoms with E-state index >= 15 is 0 Å². The van der Waals surface area contributed by atoms with Crippen molar-refractivity contribution in [1.29, 1.82) is 0 Å². The van der Waals surface area contributed by atoms with E-state index in [2.05, 4.69) is 22.2 Å². The van der Waals surface area contributed by atoms with Gasteiger partial charge in [0, 0.05) is 6.54 Å². The van der Waals surface area contributed by atoms with E-state index in [0.29, 0.717) is 0 Å². The summed E-state index contributed by atoms with van der Waals surface area (Å²) >= 11 is 0. The molecule has 0 saturated carbocycles. The Kier molecular flexibility index (Phi) is 5.39. The normalized spacial score (nSPS) is 10.8. The molecule has 0 atom stereocenters. The molecule has 1 N–H and O–H groups in total. The third-order valence-corrected chi connectivity index (χ3v) is 2.83. The molecule has 0 unspecified atom stereocenters. The average Bonchev–Trinajstić information content (AvgIpc) is 2.25. The minimum atomic E-state index is 0.837. The highest BCUT2D eigenvalue weighted by molar-refractivity contribution is 5.17. The van der Waals surface area contributed by atoms with E-state index in [0.717, 1.165) is 35.9 Å². The highest BCUT2D eigenvalue weighted by Crippen LogP contribution is 2.06. The van der Waals surface area contributed by atoms with Crippen LogP contribution < -0.4 is 5.32 Å². The molecule has 16 heavy (non-hydrogen) atoms. The van der Waals surface area contributed by atoms with Gasteiger partial charge >= 0.3 is 0 Å². The Labute approximate surface area is 98.7 Å². The van der Waals surface area contributed by atoms with Crippen LogP contribution in [0.25, 0.3) is 0 Å². The monoisotopic (exact) mass is 221 g/mol. The van der Waals surface area contributed by atoms with Crippen LogP contribution in [0, 0.1) is 20.8 Å². The number of rotatable bonds is 6. The molecule has 1 rings (SSSR count). The molecule has 1 heterocycles. The first-order valence-electron chi connectivity index (χ1n) is 6.16. The van der Waals surface area contributed by atoms with Crippen LogP contribution in [0.15, 0.2) is 0 Å². The fourth-order valence-corrected chi connectivity index (χ4v) is 1.64. The van der Waals surface area contributed by atoms with Crippen LogP contribution in [0.5, 0.6) is 0 Å². The van der Waals surface area contributed by atoms with Gasteiger partial charge in [-0.3, -0.25) is 9.97 Å². The summed E-state index contributed by atoms with van der Waals surface area (Å²) in [6.07, 6.45) is 3.81. The third kappa shape index (κ3) is 3.89. The maximum atomic E-state index is 4.57. The Morgan fingerprint density at radius 2 is 1.62 bits per heavy atom. The molecule has 90 valence electrons. The number of unbranched alkanes of at least 4 members (excludes halogenated alkanes) is 2. The molecule has 0 bridgehead atoms. The molecule has 3 heteroatoms. The lowest BCUT2D eigenvalue weighted by atomic mass is 10.2. The molecular weight excluding hydrogens is 198 g/mol. The van der Waals surface area contributed by atoms with Crippen LogP contribution in [-0.4, -0.2) is 16.5 Å². The van der Waals surface area contributed by atoms with Gasteiger partial charge in [-0.2, -0.15) is 0 Å². The predicted octanol–water partition coefficient (Wildman–Crippen LogP) is 2.68. The standard InChI is InChI=1S/C13H23N3/c1-5-6-7-8-14-9-13-12(4)15-10(2)11(3)16-13/h14H,5-9H2,1-4H3. The summed E-state index contributed by atoms with van der Waals surface area (Å²) in [6.45, 7) is 10.2. The second-order valence-electron chi connectivity index (χ2n) is 4.31. The van der Waals surface area contributed by atoms with Crippen LogP contribution in [0.2, 0.25) is 0 Å². The van der Waals surface area contributed by atoms with E-state index in [4.69, 9.17) is 0 Å². The van der Waals surface area contributed by atoms with Gasteiger partial charge in [0.05, 0.1) is 22.8 Å². The summed E-state index contributed by atoms with van der Waals surface area (Å²) in [5.41, 5.74) is 4.20. The Morgan fingerprint density at radius 3 is 2.31 bits per heavy atom. The SMILES string of the molecule is CCCCCNCc1nc(C)c(C)nc1C. The van der Waals surface area contributed by atoms with Gasteiger partial charge in [-0.15, -0.1) is 0 Å². The molecule has 0 saturated heterocycles. The minimum Gasteiger partial charge on any atom is -0.311 e. The van der Waals surface area contributed by atoms with Gasteiger partial charge in [-0.05, 0) is 33.7 Å². The number of nitrogens with one attached hydrogen (secondary N) is 1. The first kappa shape index (κ1) is 13.1. The summed E-state index contributed by atoms with van der Waals surface area (Å²) in [5.74, 6) is 0. The smallest absolute Gasteiger partial charge is 0.0757 e. The maximum absolute atomic E-state index is 4.57. The number of nitrogens with zero attached hydrogens (tertiary/aromatic N) is 2. The van der Waals surface area contributed by atoms with Crippen molar-refractivity contribution in [2.75, 3.05) is 6.54 Å². The second-order valence-corrected chi connectivity index (χ2v) is 4.31. The molecule has 0 amide bonds. The molecule has 0 fully saturated rings. The third-order valence-electron chi connectivity index (χ3n) is 2.83. The van der Waals surface area contributed by atoms with Crippen molar-refractivity contribution in [2.24, 2.45) is 0 Å². The molecule has 1 aromatic rings. The summed E-state index contributed by atoms with van der Waals surface area (Å²) < 4.78 is 0. The molecule has 0 spiro atoms. The summed E-state index contributed by atoms with van der Waals surface area (Å²) in [6, 6.07) is 0. The predicted molar refractivity (Wildman–Crippen MR) is 67.5 cm³/mol. The van der Waals surface area contributed by atoms with Gasteiger partial charge in [0.1, 0.15) is 0 Å². The molecular formula is C13H23N3. The number of aromatic nitrogens is 2. The van der Waals surface area contributed by atoms with E-state index in [9.17, 15) is 0 Å². The van der Waals surface area contributed by atoms with E-state index in [1.165, 1.54) is 19.3 Å². The largest absolute Gasteiger partial charge is 0.311 e. The van der Waals surface area contributed by atoms with Crippen molar-refractivity contribution in [3.05, 3.63) is 22.8 Å². The topological polar surface area (TPSA) is 37.8 Å². The zero-order chi connectivity index (χ0) is 12.0. The van der Waals surface area contributed by atoms with Gasteiger partial charge in [-0.1, -0.05) is 19.8 Å². The van der Waals surface area contributed by atoms with Gasteiger partial charge in [0.15, 0.2) is 0 Å². The lowest BCUT2D eigenvalue weighted by Crippen LogP contribution is -2.17. The van der Waals surface area contributed by atoms with Crippen molar-refractivity contribution in [3.63, 3.8) is 0 Å². The number of hydrogen-bond acceptors (Lipinski definition) is 3. The Morgan fingerprint density at radius 1 is 0.938 bits per heavy atom. The summed E-state index contributed by atoms with van der Waals surface area (Å²) in [5, 5.41) is 3.42. The Bertz CT molecular complexity index is 334. The first-order valence-corrected chi connectivity index (χ1v) is 6.16. The lowest BCUT2D eigenvalue weighted by molar-refractivity contribution is 0.606. The Balaban J connectivity index is 2.45. The Hall–Kier alpha value is -0.960. The lowest BCUT2D eigenvalue weighted by Gasteiger charge is -2.08. The van der Waals surface area contributed by atoms with E-state index in [-0.39, 0.29) is 0 Å². The van der Waals surface area contributed by atoms with Gasteiger partial charge in [0.2, 0.25) is 0 Å². The zero-order valence-corrected chi connectivity index (χ0v) is 10.9. The highest BCUT2D eigenvalue weighted by atomic mass is 14.9. The quantitative estimate of drug-likeness (QED) is 0.750. The second kappa shape index (κ2) is 6.59. The molecule has 0 aliphatic rings. The van der Waals surface area contributed by atoms with Gasteiger partial charge < -0.3 is 5.32 Å². The molecule has 0 radical (unpaired) electrons.